The summed E-state index contributed by atoms with van der Waals surface area (Å²) < 4.78 is 1.89. The number of benzene rings is 1. The normalized spacial score (nSPS) is 15.4. The molecule has 0 radical (unpaired) electrons. The van der Waals surface area contributed by atoms with Crippen molar-refractivity contribution in [2.75, 3.05) is 5.32 Å². The Kier molecular flexibility index (Phi) is 3.69. The number of anilines is 1. The van der Waals surface area contributed by atoms with Crippen LogP contribution in [-0.2, 0) is 0 Å². The predicted molar refractivity (Wildman–Crippen MR) is 94.0 cm³/mol. The Morgan fingerprint density at radius 2 is 1.96 bits per heavy atom. The van der Waals surface area contributed by atoms with Crippen molar-refractivity contribution in [3.63, 3.8) is 0 Å². The van der Waals surface area contributed by atoms with Crippen LogP contribution in [0, 0.1) is 6.92 Å². The average Bonchev–Trinajstić information content (AvgIpc) is 3.17. The van der Waals surface area contributed by atoms with Gasteiger partial charge in [0, 0.05) is 34.0 Å². The van der Waals surface area contributed by atoms with E-state index in [-0.39, 0.29) is 0 Å². The summed E-state index contributed by atoms with van der Waals surface area (Å²) in [6, 6.07) is 10.4. The molecular formula is C18H19ClN4. The molecule has 5 heteroatoms. The van der Waals surface area contributed by atoms with Crippen LogP contribution in [0.25, 0.3) is 16.8 Å². The van der Waals surface area contributed by atoms with E-state index in [9.17, 15) is 0 Å². The van der Waals surface area contributed by atoms with Crippen LogP contribution in [0.15, 0.2) is 36.5 Å². The molecule has 0 aliphatic heterocycles. The molecule has 0 spiro atoms. The largest absolute Gasteiger partial charge is 0.367 e. The topological polar surface area (TPSA) is 42.2 Å². The molecule has 1 aliphatic rings. The highest BCUT2D eigenvalue weighted by Crippen LogP contribution is 2.31. The van der Waals surface area contributed by atoms with Gasteiger partial charge in [0.2, 0.25) is 0 Å². The number of halogens is 1. The molecule has 0 amide bonds. The van der Waals surface area contributed by atoms with E-state index >= 15 is 0 Å². The van der Waals surface area contributed by atoms with Gasteiger partial charge in [-0.25, -0.2) is 4.98 Å². The van der Waals surface area contributed by atoms with Crippen molar-refractivity contribution in [2.45, 2.75) is 38.6 Å². The molecule has 0 atom stereocenters. The first-order valence-corrected chi connectivity index (χ1v) is 8.47. The van der Waals surface area contributed by atoms with Crippen LogP contribution in [0.2, 0.25) is 5.02 Å². The fourth-order valence-corrected chi connectivity index (χ4v) is 3.57. The zero-order valence-corrected chi connectivity index (χ0v) is 13.8. The summed E-state index contributed by atoms with van der Waals surface area (Å²) in [6.45, 7) is 2.02. The number of aryl methyl sites for hydroxylation is 1. The average molecular weight is 327 g/mol. The maximum atomic E-state index is 6.35. The molecule has 0 saturated heterocycles. The van der Waals surface area contributed by atoms with E-state index in [1.807, 2.05) is 41.9 Å². The van der Waals surface area contributed by atoms with E-state index in [1.54, 1.807) is 0 Å². The highest BCUT2D eigenvalue weighted by molar-refractivity contribution is 6.33. The van der Waals surface area contributed by atoms with Crippen LogP contribution < -0.4 is 5.32 Å². The van der Waals surface area contributed by atoms with Crippen LogP contribution in [0.4, 0.5) is 5.82 Å². The Morgan fingerprint density at radius 3 is 2.74 bits per heavy atom. The Balaban J connectivity index is 1.83. The van der Waals surface area contributed by atoms with Crippen molar-refractivity contribution in [3.05, 3.63) is 47.2 Å². The first-order chi connectivity index (χ1) is 11.2. The Labute approximate surface area is 140 Å². The number of hydrogen-bond acceptors (Lipinski definition) is 3. The molecule has 2 heterocycles. The fraction of sp³-hybridized carbons (Fsp3) is 0.333. The summed E-state index contributed by atoms with van der Waals surface area (Å²) in [5, 5.41) is 8.90. The minimum atomic E-state index is 0.535. The molecule has 0 bridgehead atoms. The van der Waals surface area contributed by atoms with Crippen molar-refractivity contribution in [3.8, 4) is 11.1 Å². The minimum Gasteiger partial charge on any atom is -0.367 e. The number of rotatable bonds is 3. The lowest BCUT2D eigenvalue weighted by Crippen LogP contribution is -2.17. The molecule has 2 aromatic heterocycles. The Bertz CT molecular complexity index is 849. The summed E-state index contributed by atoms with van der Waals surface area (Å²) in [5.41, 5.74) is 3.76. The van der Waals surface area contributed by atoms with Gasteiger partial charge in [-0.2, -0.15) is 9.61 Å². The van der Waals surface area contributed by atoms with Crippen molar-refractivity contribution >= 4 is 23.1 Å². The monoisotopic (exact) mass is 326 g/mol. The van der Waals surface area contributed by atoms with E-state index in [1.165, 1.54) is 25.7 Å². The molecule has 118 valence electrons. The SMILES string of the molecule is Cc1cc(NC2CCCC2)n2ncc(-c3ccccc3Cl)c2n1. The van der Waals surface area contributed by atoms with Crippen molar-refractivity contribution < 1.29 is 0 Å². The molecule has 1 saturated carbocycles. The standard InChI is InChI=1S/C18H19ClN4/c1-12-10-17(22-13-6-2-3-7-13)23-18(21-12)15(11-20-23)14-8-4-5-9-16(14)19/h4-5,8-11,13,22H,2-3,6-7H2,1H3. The summed E-state index contributed by atoms with van der Waals surface area (Å²) in [6.07, 6.45) is 6.90. The first kappa shape index (κ1) is 14.5. The van der Waals surface area contributed by atoms with Crippen molar-refractivity contribution in [2.24, 2.45) is 0 Å². The molecule has 3 aromatic rings. The van der Waals surface area contributed by atoms with Gasteiger partial charge in [0.05, 0.1) is 6.20 Å². The third kappa shape index (κ3) is 2.68. The lowest BCUT2D eigenvalue weighted by molar-refractivity contribution is 0.739. The lowest BCUT2D eigenvalue weighted by Gasteiger charge is -2.15. The number of hydrogen-bond donors (Lipinski definition) is 1. The van der Waals surface area contributed by atoms with Gasteiger partial charge >= 0.3 is 0 Å². The summed E-state index contributed by atoms with van der Waals surface area (Å²) in [4.78, 5) is 4.69. The zero-order valence-electron chi connectivity index (χ0n) is 13.1. The van der Waals surface area contributed by atoms with E-state index < -0.39 is 0 Å². The highest BCUT2D eigenvalue weighted by atomic mass is 35.5. The van der Waals surface area contributed by atoms with Crippen molar-refractivity contribution in [1.82, 2.24) is 14.6 Å². The van der Waals surface area contributed by atoms with Gasteiger partial charge in [0.1, 0.15) is 5.82 Å². The minimum absolute atomic E-state index is 0.535. The maximum absolute atomic E-state index is 6.35. The smallest absolute Gasteiger partial charge is 0.165 e. The summed E-state index contributed by atoms with van der Waals surface area (Å²) in [5.74, 6) is 1.01. The summed E-state index contributed by atoms with van der Waals surface area (Å²) >= 11 is 6.35. The predicted octanol–water partition coefficient (Wildman–Crippen LogP) is 4.71. The second-order valence-corrected chi connectivity index (χ2v) is 6.59. The van der Waals surface area contributed by atoms with Gasteiger partial charge < -0.3 is 5.32 Å². The maximum Gasteiger partial charge on any atom is 0.165 e. The third-order valence-corrected chi connectivity index (χ3v) is 4.80. The lowest BCUT2D eigenvalue weighted by atomic mass is 10.1. The van der Waals surface area contributed by atoms with Crippen LogP contribution in [-0.4, -0.2) is 20.6 Å². The third-order valence-electron chi connectivity index (χ3n) is 4.47. The van der Waals surface area contributed by atoms with Gasteiger partial charge in [-0.05, 0) is 25.8 Å². The zero-order chi connectivity index (χ0) is 15.8. The Hall–Kier alpha value is -2.07. The quantitative estimate of drug-likeness (QED) is 0.757. The number of nitrogens with one attached hydrogen (secondary N) is 1. The van der Waals surface area contributed by atoms with Gasteiger partial charge in [0.25, 0.3) is 0 Å². The molecule has 1 aromatic carbocycles. The van der Waals surface area contributed by atoms with E-state index in [2.05, 4.69) is 16.5 Å². The number of nitrogens with zero attached hydrogens (tertiary/aromatic N) is 3. The van der Waals surface area contributed by atoms with E-state index in [0.29, 0.717) is 6.04 Å². The second-order valence-electron chi connectivity index (χ2n) is 6.18. The second kappa shape index (κ2) is 5.85. The molecule has 4 rings (SSSR count). The molecule has 0 unspecified atom stereocenters. The molecule has 1 N–H and O–H groups in total. The molecule has 1 aliphatic carbocycles. The van der Waals surface area contributed by atoms with Gasteiger partial charge in [-0.15, -0.1) is 0 Å². The number of aromatic nitrogens is 3. The van der Waals surface area contributed by atoms with Crippen molar-refractivity contribution in [1.29, 1.82) is 0 Å². The number of fused-ring (bicyclic) bond motifs is 1. The Morgan fingerprint density at radius 1 is 1.17 bits per heavy atom. The van der Waals surface area contributed by atoms with Gasteiger partial charge in [-0.3, -0.25) is 0 Å². The highest BCUT2D eigenvalue weighted by Gasteiger charge is 2.18. The van der Waals surface area contributed by atoms with Crippen LogP contribution in [0.1, 0.15) is 31.4 Å². The first-order valence-electron chi connectivity index (χ1n) is 8.09. The van der Waals surface area contributed by atoms with E-state index in [4.69, 9.17) is 16.6 Å². The van der Waals surface area contributed by atoms with Crippen LogP contribution in [0.3, 0.4) is 0 Å². The molecule has 23 heavy (non-hydrogen) atoms. The van der Waals surface area contributed by atoms with E-state index in [0.717, 1.165) is 33.3 Å². The summed E-state index contributed by atoms with van der Waals surface area (Å²) in [7, 11) is 0. The van der Waals surface area contributed by atoms with Crippen LogP contribution >= 0.6 is 11.6 Å². The fourth-order valence-electron chi connectivity index (χ4n) is 3.34. The molecule has 4 nitrogen and oxygen atoms in total. The van der Waals surface area contributed by atoms with Gasteiger partial charge in [0.15, 0.2) is 5.65 Å². The molecule has 1 fully saturated rings. The van der Waals surface area contributed by atoms with Gasteiger partial charge in [-0.1, -0.05) is 42.6 Å². The van der Waals surface area contributed by atoms with Crippen LogP contribution in [0.5, 0.6) is 0 Å². The molecular weight excluding hydrogens is 308 g/mol.